The van der Waals surface area contributed by atoms with Gasteiger partial charge in [-0.1, -0.05) is 0 Å². The lowest BCUT2D eigenvalue weighted by Gasteiger charge is -2.11. The molecule has 2 aromatic rings. The minimum Gasteiger partial charge on any atom is -0.480 e. The highest BCUT2D eigenvalue weighted by Gasteiger charge is 2.21. The number of hydrogen-bond donors (Lipinski definition) is 1. The third kappa shape index (κ3) is 2.48. The van der Waals surface area contributed by atoms with E-state index in [9.17, 15) is 0 Å². The Kier molecular flexibility index (Phi) is 3.72. The Hall–Kier alpha value is -1.11. The minimum atomic E-state index is -0.260. The molecule has 1 unspecified atom stereocenters. The first-order valence-electron chi connectivity index (χ1n) is 6.09. The molecule has 0 fully saturated rings. The molecule has 0 spiro atoms. The number of aromatic nitrogens is 2. The van der Waals surface area contributed by atoms with Gasteiger partial charge in [-0.25, -0.2) is 4.98 Å². The number of thiophene rings is 1. The third-order valence-electron chi connectivity index (χ3n) is 3.13. The quantitative estimate of drug-likeness (QED) is 0.941. The van der Waals surface area contributed by atoms with Crippen molar-refractivity contribution in [2.45, 2.75) is 18.2 Å². The Balaban J connectivity index is 1.95. The van der Waals surface area contributed by atoms with E-state index in [1.807, 2.05) is 11.8 Å². The molecule has 6 heteroatoms. The molecule has 3 rings (SSSR count). The van der Waals surface area contributed by atoms with Gasteiger partial charge in [0.2, 0.25) is 5.88 Å². The van der Waals surface area contributed by atoms with Gasteiger partial charge in [0, 0.05) is 27.9 Å². The number of aryl methyl sites for hydroxylation is 1. The zero-order valence-corrected chi connectivity index (χ0v) is 12.3. The molecule has 0 aromatic carbocycles. The van der Waals surface area contributed by atoms with Crippen LogP contribution in [0.2, 0.25) is 0 Å². The molecule has 3 heterocycles. The number of nitrogens with zero attached hydrogens (tertiary/aromatic N) is 2. The van der Waals surface area contributed by atoms with Crippen LogP contribution >= 0.6 is 23.1 Å². The molecule has 0 aliphatic carbocycles. The lowest BCUT2D eigenvalue weighted by molar-refractivity contribution is 0.387. The summed E-state index contributed by atoms with van der Waals surface area (Å²) in [7, 11) is 1.59. The summed E-state index contributed by atoms with van der Waals surface area (Å²) in [5.74, 6) is 2.81. The van der Waals surface area contributed by atoms with E-state index in [-0.39, 0.29) is 6.04 Å². The molecule has 2 N–H and O–H groups in total. The minimum absolute atomic E-state index is 0.260. The maximum Gasteiger partial charge on any atom is 0.237 e. The number of hydrogen-bond acceptors (Lipinski definition) is 6. The van der Waals surface area contributed by atoms with E-state index in [0.717, 1.165) is 17.1 Å². The maximum atomic E-state index is 6.33. The van der Waals surface area contributed by atoms with Crippen molar-refractivity contribution in [3.05, 3.63) is 39.5 Å². The molecule has 19 heavy (non-hydrogen) atoms. The largest absolute Gasteiger partial charge is 0.480 e. The Labute approximate surface area is 120 Å². The zero-order chi connectivity index (χ0) is 13.2. The fraction of sp³-hybridized carbons (Fsp3) is 0.385. The van der Waals surface area contributed by atoms with Crippen LogP contribution < -0.4 is 10.5 Å². The van der Waals surface area contributed by atoms with E-state index in [0.29, 0.717) is 11.6 Å². The normalized spacial score (nSPS) is 15.9. The molecule has 0 bridgehead atoms. The fourth-order valence-electron chi connectivity index (χ4n) is 2.16. The van der Waals surface area contributed by atoms with E-state index in [1.165, 1.54) is 16.2 Å². The second kappa shape index (κ2) is 5.48. The molecule has 0 radical (unpaired) electrons. The van der Waals surface area contributed by atoms with E-state index in [1.54, 1.807) is 30.8 Å². The molecule has 0 saturated carbocycles. The van der Waals surface area contributed by atoms with Crippen molar-refractivity contribution in [1.82, 2.24) is 9.97 Å². The summed E-state index contributed by atoms with van der Waals surface area (Å²) in [6.45, 7) is 0. The average molecular weight is 293 g/mol. The number of thioether (sulfide) groups is 1. The third-order valence-corrected chi connectivity index (χ3v) is 5.46. The van der Waals surface area contributed by atoms with Gasteiger partial charge < -0.3 is 10.5 Å². The number of nitrogens with two attached hydrogens (primary N) is 1. The van der Waals surface area contributed by atoms with Gasteiger partial charge in [0.1, 0.15) is 5.69 Å². The lowest BCUT2D eigenvalue weighted by Crippen LogP contribution is -2.14. The summed E-state index contributed by atoms with van der Waals surface area (Å²) >= 11 is 3.78. The number of rotatable bonds is 3. The smallest absolute Gasteiger partial charge is 0.237 e. The molecular formula is C13H15N3OS2. The van der Waals surface area contributed by atoms with Crippen molar-refractivity contribution in [3.8, 4) is 5.88 Å². The molecule has 2 aromatic heterocycles. The van der Waals surface area contributed by atoms with Crippen molar-refractivity contribution in [2.24, 2.45) is 5.73 Å². The van der Waals surface area contributed by atoms with Gasteiger partial charge in [0.25, 0.3) is 0 Å². The number of ether oxygens (including phenoxy) is 1. The van der Waals surface area contributed by atoms with Gasteiger partial charge in [-0.3, -0.25) is 4.98 Å². The Morgan fingerprint density at radius 1 is 1.37 bits per heavy atom. The average Bonchev–Trinajstić information content (AvgIpc) is 2.90. The van der Waals surface area contributed by atoms with Crippen LogP contribution in [0.5, 0.6) is 5.88 Å². The van der Waals surface area contributed by atoms with Crippen molar-refractivity contribution in [2.75, 3.05) is 12.9 Å². The van der Waals surface area contributed by atoms with Crippen LogP contribution in [0.4, 0.5) is 0 Å². The van der Waals surface area contributed by atoms with Crippen molar-refractivity contribution >= 4 is 23.1 Å². The predicted octanol–water partition coefficient (Wildman–Crippen LogP) is 2.38. The van der Waals surface area contributed by atoms with Gasteiger partial charge in [-0.2, -0.15) is 11.8 Å². The number of fused-ring (bicyclic) bond motifs is 1. The van der Waals surface area contributed by atoms with Crippen LogP contribution in [0.3, 0.4) is 0 Å². The van der Waals surface area contributed by atoms with Crippen LogP contribution in [0.25, 0.3) is 0 Å². The van der Waals surface area contributed by atoms with Crippen LogP contribution in [0.15, 0.2) is 18.5 Å². The first kappa shape index (κ1) is 12.9. The van der Waals surface area contributed by atoms with E-state index >= 15 is 0 Å². The van der Waals surface area contributed by atoms with Crippen LogP contribution in [0.1, 0.15) is 27.1 Å². The lowest BCUT2D eigenvalue weighted by atomic mass is 10.1. The Morgan fingerprint density at radius 2 is 2.21 bits per heavy atom. The second-order valence-corrected chi connectivity index (χ2v) is 6.60. The summed E-state index contributed by atoms with van der Waals surface area (Å²) in [4.78, 5) is 11.1. The second-order valence-electron chi connectivity index (χ2n) is 4.33. The standard InChI is InChI=1S/C13H15N3OS2/c1-17-13-12(15-3-4-16-13)11(14)10-6-8-7-18-5-2-9(8)19-10/h3-4,6,11H,2,5,7,14H2,1H3. The highest BCUT2D eigenvalue weighted by Crippen LogP contribution is 2.36. The van der Waals surface area contributed by atoms with Gasteiger partial charge in [0.15, 0.2) is 0 Å². The zero-order valence-electron chi connectivity index (χ0n) is 10.6. The molecule has 4 nitrogen and oxygen atoms in total. The van der Waals surface area contributed by atoms with Crippen LogP contribution in [-0.4, -0.2) is 22.8 Å². The molecule has 100 valence electrons. The fourth-order valence-corrected chi connectivity index (χ4v) is 4.55. The monoisotopic (exact) mass is 293 g/mol. The van der Waals surface area contributed by atoms with Crippen LogP contribution in [-0.2, 0) is 12.2 Å². The van der Waals surface area contributed by atoms with E-state index in [2.05, 4.69) is 16.0 Å². The summed E-state index contributed by atoms with van der Waals surface area (Å²) in [5.41, 5.74) is 8.46. The van der Waals surface area contributed by atoms with Crippen molar-refractivity contribution < 1.29 is 4.74 Å². The first-order chi connectivity index (χ1) is 9.29. The van der Waals surface area contributed by atoms with E-state index < -0.39 is 0 Å². The molecule has 1 atom stereocenters. The molecule has 0 amide bonds. The van der Waals surface area contributed by atoms with Crippen molar-refractivity contribution in [1.29, 1.82) is 0 Å². The summed E-state index contributed by atoms with van der Waals surface area (Å²) in [6, 6.07) is 1.95. The predicted molar refractivity (Wildman–Crippen MR) is 78.8 cm³/mol. The molecule has 1 aliphatic heterocycles. The summed E-state index contributed by atoms with van der Waals surface area (Å²) in [5, 5.41) is 0. The van der Waals surface area contributed by atoms with Gasteiger partial charge in [-0.05, 0) is 23.8 Å². The van der Waals surface area contributed by atoms with Gasteiger partial charge in [0.05, 0.1) is 13.2 Å². The molecule has 1 aliphatic rings. The topological polar surface area (TPSA) is 61.0 Å². The highest BCUT2D eigenvalue weighted by molar-refractivity contribution is 7.98. The van der Waals surface area contributed by atoms with Gasteiger partial charge in [-0.15, -0.1) is 11.3 Å². The van der Waals surface area contributed by atoms with Gasteiger partial charge >= 0.3 is 0 Å². The Morgan fingerprint density at radius 3 is 3.00 bits per heavy atom. The first-order valence-corrected chi connectivity index (χ1v) is 8.06. The number of methoxy groups -OCH3 is 1. The summed E-state index contributed by atoms with van der Waals surface area (Å²) < 4.78 is 5.24. The van der Waals surface area contributed by atoms with E-state index in [4.69, 9.17) is 10.5 Å². The van der Waals surface area contributed by atoms with Crippen LogP contribution in [0, 0.1) is 0 Å². The summed E-state index contributed by atoms with van der Waals surface area (Å²) in [6.07, 6.45) is 4.42. The maximum absolute atomic E-state index is 6.33. The SMILES string of the molecule is COc1nccnc1C(N)c1cc2c(s1)CCSC2. The molecule has 0 saturated heterocycles. The Bertz CT molecular complexity index is 562. The molecular weight excluding hydrogens is 278 g/mol. The highest BCUT2D eigenvalue weighted by atomic mass is 32.2. The van der Waals surface area contributed by atoms with Crippen molar-refractivity contribution in [3.63, 3.8) is 0 Å².